The van der Waals surface area contributed by atoms with Crippen LogP contribution in [0.1, 0.15) is 25.3 Å². The van der Waals surface area contributed by atoms with Gasteiger partial charge in [-0.2, -0.15) is 18.2 Å². The van der Waals surface area contributed by atoms with Gasteiger partial charge in [0.1, 0.15) is 16.1 Å². The molecular weight excluding hydrogens is 447 g/mol. The van der Waals surface area contributed by atoms with Gasteiger partial charge in [0.2, 0.25) is 5.91 Å². The number of thiazole rings is 1. The van der Waals surface area contributed by atoms with Crippen molar-refractivity contribution in [3.8, 4) is 0 Å². The summed E-state index contributed by atoms with van der Waals surface area (Å²) in [6.07, 6.45) is -0.711. The summed E-state index contributed by atoms with van der Waals surface area (Å²) in [4.78, 5) is 27.7. The second-order valence-electron chi connectivity index (χ2n) is 7.41. The van der Waals surface area contributed by atoms with Gasteiger partial charge in [0.25, 0.3) is 0 Å². The van der Waals surface area contributed by atoms with Crippen LogP contribution in [0.2, 0.25) is 0 Å². The topological polar surface area (TPSA) is 71.0 Å². The normalized spacial score (nSPS) is 15.4. The van der Waals surface area contributed by atoms with Gasteiger partial charge in [0.05, 0.1) is 11.3 Å². The Labute approximate surface area is 185 Å². The van der Waals surface area contributed by atoms with Gasteiger partial charge in [0, 0.05) is 18.8 Å². The summed E-state index contributed by atoms with van der Waals surface area (Å²) < 4.78 is 38.8. The van der Waals surface area contributed by atoms with Gasteiger partial charge >= 0.3 is 6.18 Å². The van der Waals surface area contributed by atoms with Crippen LogP contribution in [0, 0.1) is 5.92 Å². The maximum absolute atomic E-state index is 12.6. The molecule has 0 radical (unpaired) electrons. The highest BCUT2D eigenvalue weighted by Crippen LogP contribution is 2.35. The molecule has 1 aliphatic heterocycles. The molecule has 164 valence electrons. The first-order chi connectivity index (χ1) is 14.8. The second kappa shape index (κ2) is 8.99. The SMILES string of the molecule is CC1CCN(c2nc3ncnc(SCC(=O)Nc4ccc(C(F)(F)F)cc4)c3s2)CC1. The zero-order chi connectivity index (χ0) is 22.0. The number of anilines is 2. The minimum atomic E-state index is -4.41. The van der Waals surface area contributed by atoms with Gasteiger partial charge in [-0.1, -0.05) is 30.0 Å². The summed E-state index contributed by atoms with van der Waals surface area (Å²) in [6, 6.07) is 4.36. The number of aromatic nitrogens is 3. The molecule has 0 bridgehead atoms. The van der Waals surface area contributed by atoms with Gasteiger partial charge in [-0.15, -0.1) is 0 Å². The smallest absolute Gasteiger partial charge is 0.348 e. The van der Waals surface area contributed by atoms with Crippen LogP contribution in [0.4, 0.5) is 24.0 Å². The Morgan fingerprint density at radius 1 is 1.23 bits per heavy atom. The van der Waals surface area contributed by atoms with E-state index in [1.54, 1.807) is 0 Å². The zero-order valence-corrected chi connectivity index (χ0v) is 18.3. The molecule has 3 heterocycles. The van der Waals surface area contributed by atoms with E-state index < -0.39 is 11.7 Å². The van der Waals surface area contributed by atoms with Gasteiger partial charge in [0.15, 0.2) is 10.8 Å². The van der Waals surface area contributed by atoms with Gasteiger partial charge in [-0.05, 0) is 43.0 Å². The highest BCUT2D eigenvalue weighted by molar-refractivity contribution is 8.00. The van der Waals surface area contributed by atoms with Crippen LogP contribution in [0.25, 0.3) is 10.3 Å². The third-order valence-corrected chi connectivity index (χ3v) is 7.27. The number of hydrogen-bond acceptors (Lipinski definition) is 7. The van der Waals surface area contributed by atoms with Crippen molar-refractivity contribution in [2.24, 2.45) is 5.92 Å². The number of thioether (sulfide) groups is 1. The van der Waals surface area contributed by atoms with E-state index in [1.807, 2.05) is 0 Å². The molecule has 0 unspecified atom stereocenters. The van der Waals surface area contributed by atoms with Crippen LogP contribution in [0.3, 0.4) is 0 Å². The van der Waals surface area contributed by atoms with Crippen LogP contribution in [-0.4, -0.2) is 39.7 Å². The minimum absolute atomic E-state index is 0.0710. The number of nitrogens with zero attached hydrogens (tertiary/aromatic N) is 4. The maximum Gasteiger partial charge on any atom is 0.416 e. The number of nitrogens with one attached hydrogen (secondary N) is 1. The second-order valence-corrected chi connectivity index (χ2v) is 9.35. The van der Waals surface area contributed by atoms with Crippen LogP contribution < -0.4 is 10.2 Å². The third kappa shape index (κ3) is 5.27. The average Bonchev–Trinajstić information content (AvgIpc) is 3.17. The number of hydrogen-bond donors (Lipinski definition) is 1. The lowest BCUT2D eigenvalue weighted by molar-refractivity contribution is -0.137. The van der Waals surface area contributed by atoms with Crippen molar-refractivity contribution in [3.05, 3.63) is 36.2 Å². The van der Waals surface area contributed by atoms with Gasteiger partial charge < -0.3 is 10.2 Å². The fourth-order valence-corrected chi connectivity index (χ4v) is 5.18. The quantitative estimate of drug-likeness (QED) is 0.417. The number of fused-ring (bicyclic) bond motifs is 1. The number of amides is 1. The summed E-state index contributed by atoms with van der Waals surface area (Å²) >= 11 is 2.78. The number of alkyl halides is 3. The molecule has 1 aliphatic rings. The van der Waals surface area contributed by atoms with E-state index in [9.17, 15) is 18.0 Å². The van der Waals surface area contributed by atoms with E-state index in [4.69, 9.17) is 0 Å². The molecule has 0 aliphatic carbocycles. The van der Waals surface area contributed by atoms with Crippen LogP contribution >= 0.6 is 23.1 Å². The van der Waals surface area contributed by atoms with Gasteiger partial charge in [-0.25, -0.2) is 9.97 Å². The van der Waals surface area contributed by atoms with E-state index in [0.29, 0.717) is 16.4 Å². The fourth-order valence-electron chi connectivity index (χ4n) is 3.23. The third-order valence-electron chi connectivity index (χ3n) is 5.04. The molecule has 1 N–H and O–H groups in total. The van der Waals surface area contributed by atoms with Crippen LogP contribution in [-0.2, 0) is 11.0 Å². The molecule has 0 saturated carbocycles. The van der Waals surface area contributed by atoms with E-state index >= 15 is 0 Å². The molecule has 0 atom stereocenters. The van der Waals surface area contributed by atoms with Gasteiger partial charge in [-0.3, -0.25) is 4.79 Å². The number of piperidine rings is 1. The predicted molar refractivity (Wildman–Crippen MR) is 117 cm³/mol. The Morgan fingerprint density at radius 3 is 2.61 bits per heavy atom. The van der Waals surface area contributed by atoms with Crippen molar-refractivity contribution >= 4 is 50.2 Å². The molecule has 3 aromatic rings. The number of carbonyl (C=O) groups is 1. The van der Waals surface area contributed by atoms with Crippen molar-refractivity contribution in [1.29, 1.82) is 0 Å². The number of benzene rings is 1. The molecule has 1 saturated heterocycles. The first-order valence-corrected chi connectivity index (χ1v) is 11.6. The fraction of sp³-hybridized carbons (Fsp3) is 0.400. The summed E-state index contributed by atoms with van der Waals surface area (Å²) in [7, 11) is 0. The average molecular weight is 468 g/mol. The molecule has 1 amide bonds. The Kier molecular flexibility index (Phi) is 6.33. The highest BCUT2D eigenvalue weighted by atomic mass is 32.2. The molecule has 1 fully saturated rings. The number of carbonyl (C=O) groups excluding carboxylic acids is 1. The summed E-state index contributed by atoms with van der Waals surface area (Å²) in [5.74, 6) is 0.465. The van der Waals surface area contributed by atoms with Crippen molar-refractivity contribution in [2.45, 2.75) is 31.0 Å². The summed E-state index contributed by atoms with van der Waals surface area (Å²) in [5, 5.41) is 4.19. The molecular formula is C20H20F3N5OS2. The Morgan fingerprint density at radius 2 is 1.94 bits per heavy atom. The highest BCUT2D eigenvalue weighted by Gasteiger charge is 2.30. The number of rotatable bonds is 5. The van der Waals surface area contributed by atoms with Crippen LogP contribution in [0.5, 0.6) is 0 Å². The lowest BCUT2D eigenvalue weighted by atomic mass is 10.00. The molecule has 6 nitrogen and oxygen atoms in total. The van der Waals surface area contributed by atoms with Crippen molar-refractivity contribution in [2.75, 3.05) is 29.1 Å². The van der Waals surface area contributed by atoms with Crippen molar-refractivity contribution in [3.63, 3.8) is 0 Å². The Bertz CT molecular complexity index is 1060. The van der Waals surface area contributed by atoms with Crippen molar-refractivity contribution < 1.29 is 18.0 Å². The molecule has 2 aromatic heterocycles. The minimum Gasteiger partial charge on any atom is -0.348 e. The van der Waals surface area contributed by atoms with E-state index in [2.05, 4.69) is 32.1 Å². The Balaban J connectivity index is 1.40. The lowest BCUT2D eigenvalue weighted by Gasteiger charge is -2.29. The first kappa shape index (κ1) is 21.8. The predicted octanol–water partition coefficient (Wildman–Crippen LogP) is 5.07. The molecule has 31 heavy (non-hydrogen) atoms. The maximum atomic E-state index is 12.6. The van der Waals surface area contributed by atoms with E-state index in [0.717, 1.165) is 53.8 Å². The van der Waals surface area contributed by atoms with Crippen LogP contribution in [0.15, 0.2) is 35.6 Å². The van der Waals surface area contributed by atoms with Crippen molar-refractivity contribution in [1.82, 2.24) is 15.0 Å². The molecule has 0 spiro atoms. The first-order valence-electron chi connectivity index (χ1n) is 9.76. The molecule has 4 rings (SSSR count). The van der Waals surface area contributed by atoms with E-state index in [1.165, 1.54) is 41.6 Å². The zero-order valence-electron chi connectivity index (χ0n) is 16.6. The molecule has 11 heteroatoms. The summed E-state index contributed by atoms with van der Waals surface area (Å²) in [6.45, 7) is 4.19. The van der Waals surface area contributed by atoms with E-state index in [-0.39, 0.29) is 11.7 Å². The number of halogens is 3. The Hall–Kier alpha value is -2.40. The lowest BCUT2D eigenvalue weighted by Crippen LogP contribution is -2.32. The standard InChI is InChI=1S/C20H20F3N5OS2/c1-12-6-8-28(9-7-12)19-27-17-16(31-19)18(25-11-24-17)30-10-15(29)26-14-4-2-13(3-5-14)20(21,22)23/h2-5,11-12H,6-10H2,1H3,(H,26,29). The monoisotopic (exact) mass is 467 g/mol. The largest absolute Gasteiger partial charge is 0.416 e. The molecule has 1 aromatic carbocycles. The summed E-state index contributed by atoms with van der Waals surface area (Å²) in [5.41, 5.74) is 0.164.